The Hall–Kier alpha value is -1.00. The fraction of sp³-hybridized carbons (Fsp3) is 0.905. The smallest absolute Gasteiger partial charge is 0.290 e. The van der Waals surface area contributed by atoms with E-state index < -0.39 is 38.4 Å². The molecule has 1 atom stereocenters. The summed E-state index contributed by atoms with van der Waals surface area (Å²) in [5.74, 6) is -1.89. The molecule has 10 heteroatoms. The predicted molar refractivity (Wildman–Crippen MR) is 123 cm³/mol. The van der Waals surface area contributed by atoms with Gasteiger partial charge in [-0.2, -0.15) is 8.42 Å². The number of rotatable bonds is 17. The van der Waals surface area contributed by atoms with Gasteiger partial charge in [-0.3, -0.25) is 13.8 Å². The SMILES string of the molecule is CCCCCCCCCCOS(=O)C1C(=O)N(CCCC)S(=O)(=O)N(CCCC)C1=O. The van der Waals surface area contributed by atoms with Crippen LogP contribution in [-0.2, 0) is 35.1 Å². The maximum Gasteiger partial charge on any atom is 0.330 e. The van der Waals surface area contributed by atoms with Crippen LogP contribution in [0, 0.1) is 0 Å². The second-order valence-corrected chi connectivity index (χ2v) is 11.0. The highest BCUT2D eigenvalue weighted by Crippen LogP contribution is 2.24. The molecule has 182 valence electrons. The van der Waals surface area contributed by atoms with Gasteiger partial charge in [-0.1, -0.05) is 78.6 Å². The minimum atomic E-state index is -4.24. The van der Waals surface area contributed by atoms with Gasteiger partial charge in [-0.15, -0.1) is 0 Å². The lowest BCUT2D eigenvalue weighted by molar-refractivity contribution is -0.137. The van der Waals surface area contributed by atoms with Gasteiger partial charge in [0.2, 0.25) is 5.25 Å². The van der Waals surface area contributed by atoms with E-state index in [0.29, 0.717) is 40.7 Å². The Kier molecular flexibility index (Phi) is 13.5. The van der Waals surface area contributed by atoms with Gasteiger partial charge in [-0.25, -0.2) is 12.8 Å². The van der Waals surface area contributed by atoms with Crippen molar-refractivity contribution >= 4 is 33.1 Å². The van der Waals surface area contributed by atoms with Crippen molar-refractivity contribution in [2.24, 2.45) is 0 Å². The molecule has 31 heavy (non-hydrogen) atoms. The highest BCUT2D eigenvalue weighted by atomic mass is 32.2. The number of unbranched alkanes of at least 4 members (excludes halogenated alkanes) is 9. The van der Waals surface area contributed by atoms with E-state index in [1.165, 1.54) is 25.7 Å². The molecule has 8 nitrogen and oxygen atoms in total. The molecular weight excluding hydrogens is 440 g/mol. The first-order valence-electron chi connectivity index (χ1n) is 11.7. The van der Waals surface area contributed by atoms with Crippen LogP contribution in [-0.4, -0.2) is 58.0 Å². The van der Waals surface area contributed by atoms with Gasteiger partial charge in [0.15, 0.2) is 11.1 Å². The van der Waals surface area contributed by atoms with Crippen molar-refractivity contribution in [3.8, 4) is 0 Å². The van der Waals surface area contributed by atoms with Gasteiger partial charge in [0.05, 0.1) is 6.61 Å². The van der Waals surface area contributed by atoms with Gasteiger partial charge >= 0.3 is 10.2 Å². The topological polar surface area (TPSA) is 101 Å². The number of carbonyl (C=O) groups is 2. The Morgan fingerprint density at radius 2 is 1.16 bits per heavy atom. The summed E-state index contributed by atoms with van der Waals surface area (Å²) >= 11 is -2.21. The fourth-order valence-electron chi connectivity index (χ4n) is 3.38. The largest absolute Gasteiger partial charge is 0.330 e. The molecule has 1 saturated heterocycles. The van der Waals surface area contributed by atoms with Crippen molar-refractivity contribution < 1.29 is 26.4 Å². The van der Waals surface area contributed by atoms with Crippen LogP contribution >= 0.6 is 0 Å². The van der Waals surface area contributed by atoms with Crippen LogP contribution in [0.5, 0.6) is 0 Å². The normalized spacial score (nSPS) is 18.0. The van der Waals surface area contributed by atoms with Crippen molar-refractivity contribution in [3.05, 3.63) is 0 Å². The molecule has 0 bridgehead atoms. The third-order valence-electron chi connectivity index (χ3n) is 5.32. The van der Waals surface area contributed by atoms with Gasteiger partial charge in [-0.05, 0) is 19.3 Å². The van der Waals surface area contributed by atoms with E-state index in [9.17, 15) is 22.2 Å². The quantitative estimate of drug-likeness (QED) is 0.232. The molecule has 1 fully saturated rings. The Morgan fingerprint density at radius 1 is 0.742 bits per heavy atom. The number of amides is 2. The minimum absolute atomic E-state index is 0.0285. The zero-order valence-corrected chi connectivity index (χ0v) is 21.0. The van der Waals surface area contributed by atoms with Crippen molar-refractivity contribution in [1.29, 1.82) is 0 Å². The molecule has 1 heterocycles. The van der Waals surface area contributed by atoms with Crippen LogP contribution in [0.1, 0.15) is 97.8 Å². The average Bonchev–Trinajstić information content (AvgIpc) is 2.72. The summed E-state index contributed by atoms with van der Waals surface area (Å²) in [6.45, 7) is 6.06. The van der Waals surface area contributed by atoms with Crippen LogP contribution in [0.3, 0.4) is 0 Å². The second kappa shape index (κ2) is 14.9. The third kappa shape index (κ3) is 8.46. The second-order valence-electron chi connectivity index (χ2n) is 7.97. The Labute approximate surface area is 190 Å². The monoisotopic (exact) mass is 480 g/mol. The van der Waals surface area contributed by atoms with Crippen LogP contribution in [0.4, 0.5) is 0 Å². The molecule has 1 aliphatic rings. The summed E-state index contributed by atoms with van der Waals surface area (Å²) in [7, 11) is -4.24. The van der Waals surface area contributed by atoms with Crippen LogP contribution in [0.2, 0.25) is 0 Å². The van der Waals surface area contributed by atoms with Crippen molar-refractivity contribution in [3.63, 3.8) is 0 Å². The molecule has 0 spiro atoms. The zero-order valence-electron chi connectivity index (χ0n) is 19.3. The van der Waals surface area contributed by atoms with Crippen molar-refractivity contribution in [2.45, 2.75) is 103 Å². The first-order valence-corrected chi connectivity index (χ1v) is 14.3. The molecule has 1 unspecified atom stereocenters. The molecule has 0 aromatic rings. The van der Waals surface area contributed by atoms with E-state index in [-0.39, 0.29) is 19.7 Å². The maximum absolute atomic E-state index is 12.8. The zero-order chi connectivity index (χ0) is 23.3. The molecule has 0 aromatic heterocycles. The van der Waals surface area contributed by atoms with Crippen LogP contribution in [0.25, 0.3) is 0 Å². The summed E-state index contributed by atoms with van der Waals surface area (Å²) in [4.78, 5) is 25.6. The lowest BCUT2D eigenvalue weighted by atomic mass is 10.1. The number of nitrogens with zero attached hydrogens (tertiary/aromatic N) is 2. The lowest BCUT2D eigenvalue weighted by Gasteiger charge is -2.37. The summed E-state index contributed by atoms with van der Waals surface area (Å²) < 4.78 is 45.0. The van der Waals surface area contributed by atoms with Gasteiger partial charge in [0, 0.05) is 13.1 Å². The van der Waals surface area contributed by atoms with Crippen molar-refractivity contribution in [1.82, 2.24) is 8.61 Å². The third-order valence-corrected chi connectivity index (χ3v) is 8.34. The molecular formula is C21H40N2O6S2. The fourth-order valence-corrected chi connectivity index (χ4v) is 6.14. The number of hydrogen-bond acceptors (Lipinski definition) is 6. The lowest BCUT2D eigenvalue weighted by Crippen LogP contribution is -2.63. The summed E-state index contributed by atoms with van der Waals surface area (Å²) in [5, 5.41) is -1.62. The molecule has 1 aliphatic heterocycles. The molecule has 0 aliphatic carbocycles. The number of carbonyl (C=O) groups excluding carboxylic acids is 2. The van der Waals surface area contributed by atoms with Gasteiger partial charge < -0.3 is 0 Å². The highest BCUT2D eigenvalue weighted by molar-refractivity contribution is 7.89. The standard InChI is InChI=1S/C21H40N2O6S2/c1-4-7-10-11-12-13-14-15-18-29-30(26)19-20(24)22(16-8-5-2)31(27,28)23(21(19)25)17-9-6-3/h19H,4-18H2,1-3H3. The first-order chi connectivity index (χ1) is 14.8. The van der Waals surface area contributed by atoms with E-state index in [1.54, 1.807) is 0 Å². The van der Waals surface area contributed by atoms with E-state index in [2.05, 4.69) is 6.92 Å². The predicted octanol–water partition coefficient (Wildman–Crippen LogP) is 3.69. The Bertz CT molecular complexity index is 649. The average molecular weight is 481 g/mol. The van der Waals surface area contributed by atoms with E-state index >= 15 is 0 Å². The van der Waals surface area contributed by atoms with Crippen LogP contribution in [0.15, 0.2) is 0 Å². The molecule has 0 N–H and O–H groups in total. The van der Waals surface area contributed by atoms with Crippen LogP contribution < -0.4 is 0 Å². The maximum atomic E-state index is 12.8. The summed E-state index contributed by atoms with van der Waals surface area (Å²) in [6.07, 6.45) is 11.1. The van der Waals surface area contributed by atoms with Gasteiger partial charge in [0.25, 0.3) is 11.8 Å². The van der Waals surface area contributed by atoms with E-state index in [0.717, 1.165) is 19.3 Å². The number of hydrogen-bond donors (Lipinski definition) is 0. The molecule has 0 radical (unpaired) electrons. The Morgan fingerprint density at radius 3 is 1.61 bits per heavy atom. The van der Waals surface area contributed by atoms with E-state index in [4.69, 9.17) is 4.18 Å². The molecule has 0 aromatic carbocycles. The van der Waals surface area contributed by atoms with Crippen molar-refractivity contribution in [2.75, 3.05) is 19.7 Å². The molecule has 2 amide bonds. The molecule has 0 saturated carbocycles. The summed E-state index contributed by atoms with van der Waals surface area (Å²) in [6, 6.07) is 0. The van der Waals surface area contributed by atoms with Gasteiger partial charge in [0.1, 0.15) is 0 Å². The molecule has 1 rings (SSSR count). The summed E-state index contributed by atoms with van der Waals surface area (Å²) in [5.41, 5.74) is 0. The first kappa shape index (κ1) is 28.0. The highest BCUT2D eigenvalue weighted by Gasteiger charge is 2.52. The van der Waals surface area contributed by atoms with E-state index in [1.807, 2.05) is 13.8 Å². The minimum Gasteiger partial charge on any atom is -0.290 e. The Balaban J connectivity index is 2.69.